The van der Waals surface area contributed by atoms with Crippen molar-refractivity contribution in [3.8, 4) is 0 Å². The van der Waals surface area contributed by atoms with Gasteiger partial charge in [0.05, 0.1) is 0 Å². The van der Waals surface area contributed by atoms with Crippen molar-refractivity contribution in [1.29, 1.82) is 0 Å². The number of benzene rings is 2. The maximum atomic E-state index is 12.9. The fraction of sp³-hybridized carbons (Fsp3) is 0.143. The summed E-state index contributed by atoms with van der Waals surface area (Å²) >= 11 is 3.33. The first-order valence-electron chi connectivity index (χ1n) is 5.39. The summed E-state index contributed by atoms with van der Waals surface area (Å²) in [4.78, 5) is 0. The van der Waals surface area contributed by atoms with Gasteiger partial charge in [0.15, 0.2) is 0 Å². The van der Waals surface area contributed by atoms with Crippen LogP contribution in [0.3, 0.4) is 0 Å². The first-order chi connectivity index (χ1) is 8.15. The van der Waals surface area contributed by atoms with E-state index in [-0.39, 0.29) is 5.82 Å². The molecule has 17 heavy (non-hydrogen) atoms. The Balaban J connectivity index is 2.04. The monoisotopic (exact) mass is 293 g/mol. The van der Waals surface area contributed by atoms with Crippen LogP contribution in [0.5, 0.6) is 0 Å². The van der Waals surface area contributed by atoms with Gasteiger partial charge in [-0.05, 0) is 46.6 Å². The third-order valence-electron chi connectivity index (χ3n) is 2.53. The Hall–Kier alpha value is -1.35. The third-order valence-corrected chi connectivity index (χ3v) is 3.19. The van der Waals surface area contributed by atoms with E-state index < -0.39 is 0 Å². The highest BCUT2D eigenvalue weighted by atomic mass is 79.9. The molecule has 0 unspecified atom stereocenters. The van der Waals surface area contributed by atoms with Gasteiger partial charge in [-0.1, -0.05) is 29.8 Å². The summed E-state index contributed by atoms with van der Waals surface area (Å²) in [6.45, 7) is 2.79. The summed E-state index contributed by atoms with van der Waals surface area (Å²) in [5.74, 6) is -0.238. The molecular weight excluding hydrogens is 281 g/mol. The SMILES string of the molecule is Cc1ccc(CNc2ccc(F)cc2Br)cc1. The Kier molecular flexibility index (Phi) is 3.79. The molecule has 2 rings (SSSR count). The number of rotatable bonds is 3. The fourth-order valence-corrected chi connectivity index (χ4v) is 2.03. The molecule has 0 saturated heterocycles. The van der Waals surface area contributed by atoms with E-state index in [1.54, 1.807) is 6.07 Å². The predicted octanol–water partition coefficient (Wildman–Crippen LogP) is 4.51. The highest BCUT2D eigenvalue weighted by Gasteiger charge is 2.01. The van der Waals surface area contributed by atoms with E-state index in [0.717, 1.165) is 16.7 Å². The standard InChI is InChI=1S/C14H13BrFN/c1-10-2-4-11(5-3-10)9-17-14-7-6-12(16)8-13(14)15/h2-8,17H,9H2,1H3. The van der Waals surface area contributed by atoms with E-state index in [2.05, 4.69) is 52.4 Å². The van der Waals surface area contributed by atoms with Crippen molar-refractivity contribution in [1.82, 2.24) is 0 Å². The molecule has 0 atom stereocenters. The minimum Gasteiger partial charge on any atom is -0.380 e. The van der Waals surface area contributed by atoms with Gasteiger partial charge >= 0.3 is 0 Å². The lowest BCUT2D eigenvalue weighted by atomic mass is 10.1. The van der Waals surface area contributed by atoms with Gasteiger partial charge in [-0.3, -0.25) is 0 Å². The van der Waals surface area contributed by atoms with Gasteiger partial charge in [0.1, 0.15) is 5.82 Å². The zero-order chi connectivity index (χ0) is 12.3. The van der Waals surface area contributed by atoms with E-state index >= 15 is 0 Å². The van der Waals surface area contributed by atoms with Gasteiger partial charge in [-0.25, -0.2) is 4.39 Å². The highest BCUT2D eigenvalue weighted by Crippen LogP contribution is 2.23. The average molecular weight is 294 g/mol. The summed E-state index contributed by atoms with van der Waals surface area (Å²) in [5.41, 5.74) is 3.34. The summed E-state index contributed by atoms with van der Waals surface area (Å²) in [5, 5.41) is 3.26. The van der Waals surface area contributed by atoms with Crippen molar-refractivity contribution >= 4 is 21.6 Å². The number of hydrogen-bond acceptors (Lipinski definition) is 1. The van der Waals surface area contributed by atoms with Crippen LogP contribution in [0.1, 0.15) is 11.1 Å². The Morgan fingerprint density at radius 3 is 2.47 bits per heavy atom. The molecule has 0 spiro atoms. The lowest BCUT2D eigenvalue weighted by Gasteiger charge is -2.08. The number of anilines is 1. The van der Waals surface area contributed by atoms with Crippen LogP contribution in [0.4, 0.5) is 10.1 Å². The average Bonchev–Trinajstić information content (AvgIpc) is 2.30. The summed E-state index contributed by atoms with van der Waals surface area (Å²) < 4.78 is 13.6. The maximum absolute atomic E-state index is 12.9. The van der Waals surface area contributed by atoms with Gasteiger partial charge < -0.3 is 5.32 Å². The topological polar surface area (TPSA) is 12.0 Å². The Labute approximate surface area is 109 Å². The van der Waals surface area contributed by atoms with Crippen molar-refractivity contribution in [3.05, 3.63) is 63.9 Å². The van der Waals surface area contributed by atoms with Crippen LogP contribution in [0.25, 0.3) is 0 Å². The normalized spacial score (nSPS) is 10.3. The fourth-order valence-electron chi connectivity index (χ4n) is 1.54. The minimum absolute atomic E-state index is 0.238. The molecule has 0 amide bonds. The van der Waals surface area contributed by atoms with Gasteiger partial charge in [-0.15, -0.1) is 0 Å². The summed E-state index contributed by atoms with van der Waals surface area (Å²) in [6, 6.07) is 13.0. The van der Waals surface area contributed by atoms with Crippen LogP contribution in [0, 0.1) is 12.7 Å². The molecule has 3 heteroatoms. The van der Waals surface area contributed by atoms with E-state index in [1.807, 2.05) is 0 Å². The molecule has 0 saturated carbocycles. The first-order valence-corrected chi connectivity index (χ1v) is 6.19. The van der Waals surface area contributed by atoms with Gasteiger partial charge in [-0.2, -0.15) is 0 Å². The molecule has 0 fully saturated rings. The number of aryl methyl sites for hydroxylation is 1. The van der Waals surface area contributed by atoms with Crippen molar-refractivity contribution in [2.75, 3.05) is 5.32 Å². The first kappa shape index (κ1) is 12.1. The molecule has 1 N–H and O–H groups in total. The van der Waals surface area contributed by atoms with Crippen molar-refractivity contribution in [2.45, 2.75) is 13.5 Å². The largest absolute Gasteiger partial charge is 0.380 e. The molecule has 88 valence electrons. The van der Waals surface area contributed by atoms with Gasteiger partial charge in [0.2, 0.25) is 0 Å². The molecule has 1 nitrogen and oxygen atoms in total. The molecule has 0 aromatic heterocycles. The Morgan fingerprint density at radius 2 is 1.82 bits per heavy atom. The summed E-state index contributed by atoms with van der Waals surface area (Å²) in [6.07, 6.45) is 0. The van der Waals surface area contributed by atoms with Crippen LogP contribution >= 0.6 is 15.9 Å². The van der Waals surface area contributed by atoms with Crippen molar-refractivity contribution in [3.63, 3.8) is 0 Å². The third kappa shape index (κ3) is 3.30. The Bertz CT molecular complexity index is 508. The van der Waals surface area contributed by atoms with E-state index in [4.69, 9.17) is 0 Å². The van der Waals surface area contributed by atoms with E-state index in [9.17, 15) is 4.39 Å². The molecule has 2 aromatic carbocycles. The van der Waals surface area contributed by atoms with Gasteiger partial charge in [0.25, 0.3) is 0 Å². The molecule has 0 bridgehead atoms. The van der Waals surface area contributed by atoms with E-state index in [0.29, 0.717) is 0 Å². The number of nitrogens with one attached hydrogen (secondary N) is 1. The van der Waals surface area contributed by atoms with Crippen molar-refractivity contribution in [2.24, 2.45) is 0 Å². The second-order valence-electron chi connectivity index (χ2n) is 3.96. The lowest BCUT2D eigenvalue weighted by Crippen LogP contribution is -2.00. The van der Waals surface area contributed by atoms with Gasteiger partial charge in [0, 0.05) is 16.7 Å². The predicted molar refractivity (Wildman–Crippen MR) is 72.6 cm³/mol. The second kappa shape index (κ2) is 5.32. The molecule has 0 aliphatic carbocycles. The lowest BCUT2D eigenvalue weighted by molar-refractivity contribution is 0.627. The highest BCUT2D eigenvalue weighted by molar-refractivity contribution is 9.10. The maximum Gasteiger partial charge on any atom is 0.124 e. The van der Waals surface area contributed by atoms with Crippen LogP contribution in [-0.4, -0.2) is 0 Å². The molecule has 2 aromatic rings. The summed E-state index contributed by atoms with van der Waals surface area (Å²) in [7, 11) is 0. The number of hydrogen-bond donors (Lipinski definition) is 1. The molecule has 0 aliphatic heterocycles. The minimum atomic E-state index is -0.238. The second-order valence-corrected chi connectivity index (χ2v) is 4.82. The van der Waals surface area contributed by atoms with Crippen LogP contribution in [-0.2, 0) is 6.54 Å². The molecule has 0 aliphatic rings. The number of halogens is 2. The van der Waals surface area contributed by atoms with Crippen LogP contribution in [0.2, 0.25) is 0 Å². The van der Waals surface area contributed by atoms with Crippen LogP contribution in [0.15, 0.2) is 46.9 Å². The molecule has 0 heterocycles. The van der Waals surface area contributed by atoms with E-state index in [1.165, 1.54) is 23.3 Å². The zero-order valence-corrected chi connectivity index (χ0v) is 11.1. The molecular formula is C14H13BrFN. The smallest absolute Gasteiger partial charge is 0.124 e. The van der Waals surface area contributed by atoms with Crippen molar-refractivity contribution < 1.29 is 4.39 Å². The molecule has 0 radical (unpaired) electrons. The Morgan fingerprint density at radius 1 is 1.12 bits per heavy atom. The zero-order valence-electron chi connectivity index (χ0n) is 9.50. The van der Waals surface area contributed by atoms with Crippen LogP contribution < -0.4 is 5.32 Å². The quantitative estimate of drug-likeness (QED) is 0.878.